The van der Waals surface area contributed by atoms with Crippen LogP contribution in [-0.2, 0) is 10.2 Å². The van der Waals surface area contributed by atoms with Gasteiger partial charge in [0.25, 0.3) is 0 Å². The van der Waals surface area contributed by atoms with Crippen molar-refractivity contribution in [2.45, 2.75) is 19.8 Å². The Morgan fingerprint density at radius 2 is 1.81 bits per heavy atom. The first kappa shape index (κ1) is 12.8. The van der Waals surface area contributed by atoms with Gasteiger partial charge in [0.2, 0.25) is 0 Å². The van der Waals surface area contributed by atoms with Crippen molar-refractivity contribution >= 4 is 16.0 Å². The summed E-state index contributed by atoms with van der Waals surface area (Å²) in [5.41, 5.74) is 1.57. The second kappa shape index (κ2) is 5.21. The smallest absolute Gasteiger partial charge is 0.294 e. The van der Waals surface area contributed by atoms with Gasteiger partial charge in [-0.05, 0) is 13.3 Å². The number of halogens is 1. The van der Waals surface area contributed by atoms with Gasteiger partial charge in [-0.1, -0.05) is 29.8 Å². The molecular formula is C11H13FO3S. The highest BCUT2D eigenvalue weighted by atomic mass is 32.3. The first-order valence-electron chi connectivity index (χ1n) is 4.91. The Labute approximate surface area is 94.5 Å². The first-order chi connectivity index (χ1) is 7.38. The van der Waals surface area contributed by atoms with E-state index in [-0.39, 0.29) is 18.6 Å². The zero-order valence-electron chi connectivity index (χ0n) is 8.94. The highest BCUT2D eigenvalue weighted by Crippen LogP contribution is 2.08. The van der Waals surface area contributed by atoms with Crippen molar-refractivity contribution < 1.29 is 17.1 Å². The van der Waals surface area contributed by atoms with Gasteiger partial charge in [0.05, 0.1) is 5.75 Å². The summed E-state index contributed by atoms with van der Waals surface area (Å²) in [6.07, 6.45) is 0.0672. The van der Waals surface area contributed by atoms with Crippen LogP contribution in [0, 0.1) is 6.92 Å². The largest absolute Gasteiger partial charge is 0.302 e. The Morgan fingerprint density at radius 3 is 2.31 bits per heavy atom. The number of carbonyl (C=O) groups is 1. The van der Waals surface area contributed by atoms with E-state index in [1.165, 1.54) is 0 Å². The van der Waals surface area contributed by atoms with Gasteiger partial charge in [-0.15, -0.1) is 3.89 Å². The van der Waals surface area contributed by atoms with Gasteiger partial charge < -0.3 is 0 Å². The summed E-state index contributed by atoms with van der Waals surface area (Å²) in [4.78, 5) is 11.5. The van der Waals surface area contributed by atoms with E-state index in [0.29, 0.717) is 5.56 Å². The van der Waals surface area contributed by atoms with E-state index in [9.17, 15) is 17.1 Å². The maximum absolute atomic E-state index is 12.2. The molecular weight excluding hydrogens is 231 g/mol. The summed E-state index contributed by atoms with van der Waals surface area (Å²) < 4.78 is 32.6. The van der Waals surface area contributed by atoms with E-state index >= 15 is 0 Å². The molecule has 0 bridgehead atoms. The monoisotopic (exact) mass is 244 g/mol. The molecule has 0 fully saturated rings. The van der Waals surface area contributed by atoms with Crippen LogP contribution in [0.25, 0.3) is 0 Å². The Balaban J connectivity index is 2.50. The fraction of sp³-hybridized carbons (Fsp3) is 0.364. The van der Waals surface area contributed by atoms with Crippen molar-refractivity contribution in [1.29, 1.82) is 0 Å². The molecule has 0 aromatic heterocycles. The third-order valence-electron chi connectivity index (χ3n) is 2.17. The molecule has 16 heavy (non-hydrogen) atoms. The van der Waals surface area contributed by atoms with Crippen molar-refractivity contribution in [1.82, 2.24) is 0 Å². The minimum absolute atomic E-state index is 0.0194. The number of benzene rings is 1. The predicted molar refractivity (Wildman–Crippen MR) is 59.6 cm³/mol. The first-order valence-corrected chi connectivity index (χ1v) is 6.46. The number of Topliss-reactive ketones (excluding diaryl/α,β-unsaturated/α-hetero) is 1. The van der Waals surface area contributed by atoms with Crippen molar-refractivity contribution in [3.05, 3.63) is 35.4 Å². The third kappa shape index (κ3) is 4.53. The van der Waals surface area contributed by atoms with Gasteiger partial charge in [0, 0.05) is 12.0 Å². The van der Waals surface area contributed by atoms with Crippen LogP contribution in [0.5, 0.6) is 0 Å². The van der Waals surface area contributed by atoms with Gasteiger partial charge in [-0.2, -0.15) is 8.42 Å². The highest BCUT2D eigenvalue weighted by Gasteiger charge is 2.10. The zero-order valence-corrected chi connectivity index (χ0v) is 9.76. The molecule has 0 amide bonds. The Hall–Kier alpha value is -1.23. The zero-order chi connectivity index (χ0) is 12.2. The normalized spacial score (nSPS) is 11.4. The molecule has 0 N–H and O–H groups in total. The van der Waals surface area contributed by atoms with Crippen LogP contribution in [0.15, 0.2) is 24.3 Å². The van der Waals surface area contributed by atoms with E-state index in [1.54, 1.807) is 24.3 Å². The SMILES string of the molecule is Cc1ccc(C(=O)CCCS(=O)(=O)F)cc1. The van der Waals surface area contributed by atoms with E-state index < -0.39 is 16.0 Å². The van der Waals surface area contributed by atoms with Crippen LogP contribution in [0.3, 0.4) is 0 Å². The molecule has 5 heteroatoms. The van der Waals surface area contributed by atoms with E-state index in [4.69, 9.17) is 0 Å². The van der Waals surface area contributed by atoms with Crippen LogP contribution in [-0.4, -0.2) is 20.0 Å². The minimum Gasteiger partial charge on any atom is -0.294 e. The van der Waals surface area contributed by atoms with Gasteiger partial charge in [-0.25, -0.2) is 0 Å². The molecule has 0 aliphatic heterocycles. The summed E-state index contributed by atoms with van der Waals surface area (Å²) in [7, 11) is -4.46. The topological polar surface area (TPSA) is 51.2 Å². The van der Waals surface area contributed by atoms with E-state index in [1.807, 2.05) is 6.92 Å². The van der Waals surface area contributed by atoms with Crippen molar-refractivity contribution in [3.8, 4) is 0 Å². The molecule has 0 aliphatic carbocycles. The van der Waals surface area contributed by atoms with Crippen molar-refractivity contribution in [2.24, 2.45) is 0 Å². The van der Waals surface area contributed by atoms with Crippen LogP contribution >= 0.6 is 0 Å². The fourth-order valence-electron chi connectivity index (χ4n) is 1.29. The quantitative estimate of drug-likeness (QED) is 0.589. The Morgan fingerprint density at radius 1 is 1.25 bits per heavy atom. The van der Waals surface area contributed by atoms with Crippen LogP contribution < -0.4 is 0 Å². The molecule has 0 saturated heterocycles. The standard InChI is InChI=1S/C11H13FO3S/c1-9-4-6-10(7-5-9)11(13)3-2-8-16(12,14)15/h4-7H,2-3,8H2,1H3. The Kier molecular flexibility index (Phi) is 4.18. The summed E-state index contributed by atoms with van der Waals surface area (Å²) in [6, 6.07) is 6.97. The molecule has 0 aliphatic rings. The van der Waals surface area contributed by atoms with Gasteiger partial charge in [0.15, 0.2) is 5.78 Å². The van der Waals surface area contributed by atoms with E-state index in [0.717, 1.165) is 5.56 Å². The van der Waals surface area contributed by atoms with Crippen LogP contribution in [0.4, 0.5) is 3.89 Å². The number of rotatable bonds is 5. The number of hydrogen-bond donors (Lipinski definition) is 0. The number of carbonyl (C=O) groups excluding carboxylic acids is 1. The van der Waals surface area contributed by atoms with Crippen molar-refractivity contribution in [3.63, 3.8) is 0 Å². The van der Waals surface area contributed by atoms with E-state index in [2.05, 4.69) is 0 Å². The number of aryl methyl sites for hydroxylation is 1. The molecule has 1 aromatic carbocycles. The molecule has 0 unspecified atom stereocenters. The lowest BCUT2D eigenvalue weighted by molar-refractivity contribution is 0.0982. The lowest BCUT2D eigenvalue weighted by atomic mass is 10.1. The van der Waals surface area contributed by atoms with Gasteiger partial charge >= 0.3 is 10.2 Å². The third-order valence-corrected chi connectivity index (χ3v) is 2.94. The van der Waals surface area contributed by atoms with Gasteiger partial charge in [-0.3, -0.25) is 4.79 Å². The maximum Gasteiger partial charge on any atom is 0.302 e. The number of ketones is 1. The molecule has 88 valence electrons. The second-order valence-corrected chi connectivity index (χ2v) is 5.12. The van der Waals surface area contributed by atoms with Crippen LogP contribution in [0.2, 0.25) is 0 Å². The lowest BCUT2D eigenvalue weighted by Gasteiger charge is -2.00. The molecule has 0 saturated carbocycles. The average molecular weight is 244 g/mol. The lowest BCUT2D eigenvalue weighted by Crippen LogP contribution is -2.04. The molecule has 1 rings (SSSR count). The number of hydrogen-bond acceptors (Lipinski definition) is 3. The van der Waals surface area contributed by atoms with Gasteiger partial charge in [0.1, 0.15) is 0 Å². The summed E-state index contributed by atoms with van der Waals surface area (Å²) in [6.45, 7) is 1.91. The molecule has 3 nitrogen and oxygen atoms in total. The maximum atomic E-state index is 12.2. The summed E-state index contributed by atoms with van der Waals surface area (Å²) >= 11 is 0. The summed E-state index contributed by atoms with van der Waals surface area (Å²) in [5.74, 6) is -0.756. The molecule has 1 aromatic rings. The molecule has 0 atom stereocenters. The Bertz CT molecular complexity index is 463. The summed E-state index contributed by atoms with van der Waals surface area (Å²) in [5, 5.41) is 0. The molecule has 0 radical (unpaired) electrons. The predicted octanol–water partition coefficient (Wildman–Crippen LogP) is 2.26. The average Bonchev–Trinajstić information content (AvgIpc) is 2.16. The minimum atomic E-state index is -4.46. The molecule has 0 heterocycles. The molecule has 0 spiro atoms. The fourth-order valence-corrected chi connectivity index (χ4v) is 1.78. The van der Waals surface area contributed by atoms with Crippen molar-refractivity contribution in [2.75, 3.05) is 5.75 Å². The highest BCUT2D eigenvalue weighted by molar-refractivity contribution is 7.86. The van der Waals surface area contributed by atoms with Crippen LogP contribution in [0.1, 0.15) is 28.8 Å². The second-order valence-electron chi connectivity index (χ2n) is 3.64.